The second-order valence-electron chi connectivity index (χ2n) is 16.2. The highest BCUT2D eigenvalue weighted by molar-refractivity contribution is 7.62. The number of benzene rings is 4. The van der Waals surface area contributed by atoms with Gasteiger partial charge in [0.15, 0.2) is 15.5 Å². The van der Waals surface area contributed by atoms with Gasteiger partial charge in [-0.3, -0.25) is 0 Å². The van der Waals surface area contributed by atoms with Crippen LogP contribution in [-0.2, 0) is 0 Å². The summed E-state index contributed by atoms with van der Waals surface area (Å²) in [4.78, 5) is 0. The van der Waals surface area contributed by atoms with E-state index in [-0.39, 0.29) is 0 Å². The molecule has 0 spiro atoms. The summed E-state index contributed by atoms with van der Waals surface area (Å²) in [6.45, 7) is 31.7. The first-order chi connectivity index (χ1) is 20.4. The van der Waals surface area contributed by atoms with Crippen molar-refractivity contribution in [2.45, 2.75) is 78.6 Å². The van der Waals surface area contributed by atoms with Gasteiger partial charge in [-0.25, -0.2) is 0 Å². The smallest absolute Gasteiger partial charge is 0.195 e. The monoisotopic (exact) mass is 684 g/mol. The molecular weight excluding hydrogens is 629 g/mol. The molecule has 4 aromatic carbocycles. The Balaban J connectivity index is 2.55. The highest BCUT2D eigenvalue weighted by atomic mass is 29.3. The van der Waals surface area contributed by atoms with Crippen LogP contribution in [0.5, 0.6) is 0 Å². The Morgan fingerprint density at radius 2 is 0.432 bits per heavy atom. The molecule has 0 aliphatic carbocycles. The number of hydrogen-bond donors (Lipinski definition) is 0. The normalized spacial score (nSPS) is 13.9. The second kappa shape index (κ2) is 12.7. The van der Waals surface area contributed by atoms with Crippen LogP contribution in [0.3, 0.4) is 0 Å². The van der Waals surface area contributed by atoms with E-state index in [1.807, 2.05) is 0 Å². The molecule has 0 N–H and O–H groups in total. The van der Waals surface area contributed by atoms with Crippen molar-refractivity contribution in [3.05, 3.63) is 121 Å². The third-order valence-electron chi connectivity index (χ3n) is 8.64. The molecule has 0 aliphatic rings. The molecule has 0 fully saturated rings. The van der Waals surface area contributed by atoms with Crippen molar-refractivity contribution in [2.24, 2.45) is 0 Å². The third-order valence-corrected chi connectivity index (χ3v) is 51.8. The summed E-state index contributed by atoms with van der Waals surface area (Å²) in [5, 5.41) is 6.32. The molecule has 0 saturated heterocycles. The van der Waals surface area contributed by atoms with Crippen LogP contribution in [0.1, 0.15) is 0 Å². The van der Waals surface area contributed by atoms with Crippen molar-refractivity contribution < 1.29 is 0 Å². The fourth-order valence-corrected chi connectivity index (χ4v) is 77.6. The van der Waals surface area contributed by atoms with E-state index in [0.717, 1.165) is 0 Å². The summed E-state index contributed by atoms with van der Waals surface area (Å²) < 4.78 is 6.69. The first-order valence-electron chi connectivity index (χ1n) is 16.2. The Bertz CT molecular complexity index is 1260. The molecule has 0 heterocycles. The van der Waals surface area contributed by atoms with Gasteiger partial charge in [-0.05, 0) is 20.7 Å². The summed E-state index contributed by atoms with van der Waals surface area (Å²) in [7, 11) is -13.7. The van der Waals surface area contributed by atoms with Gasteiger partial charge in [0.05, 0.1) is 0 Å². The van der Waals surface area contributed by atoms with E-state index >= 15 is 0 Å². The SMILES string of the molecule is C[Si](C)(C)N([Si](C)(C)C)[Si](c1ccccc1)(c1ccccc1)[Si](c1ccccc1)(c1ccccc1)N([Si](C)(C)C)[Si](C)(C)C. The van der Waals surface area contributed by atoms with Gasteiger partial charge in [-0.15, -0.1) is 0 Å². The molecule has 234 valence electrons. The standard InChI is InChI=1S/C36H56N2Si6/c1-39(2,3)37(40(4,5)6)43(33-25-17-13-18-26-33,34-27-19-14-20-28-34)44(35-29-21-15-22-30-35,36-31-23-16-24-32-36)38(41(7,8)9)42(10,11)12/h13-32H,1-12H3. The quantitative estimate of drug-likeness (QED) is 0.151. The van der Waals surface area contributed by atoms with E-state index in [1.54, 1.807) is 20.7 Å². The molecule has 8 heteroatoms. The summed E-state index contributed by atoms with van der Waals surface area (Å²) in [5.74, 6) is 0. The summed E-state index contributed by atoms with van der Waals surface area (Å²) in [5.41, 5.74) is 0. The molecule has 44 heavy (non-hydrogen) atoms. The van der Waals surface area contributed by atoms with Crippen LogP contribution in [0.15, 0.2) is 121 Å². The van der Waals surface area contributed by atoms with E-state index in [4.69, 9.17) is 0 Å². The van der Waals surface area contributed by atoms with Crippen molar-refractivity contribution in [2.75, 3.05) is 0 Å². The third kappa shape index (κ3) is 6.24. The van der Waals surface area contributed by atoms with E-state index in [9.17, 15) is 0 Å². The van der Waals surface area contributed by atoms with Crippen LogP contribution in [0.4, 0.5) is 0 Å². The van der Waals surface area contributed by atoms with Gasteiger partial charge in [0, 0.05) is 0 Å². The van der Waals surface area contributed by atoms with Crippen molar-refractivity contribution >= 4 is 69.2 Å². The maximum atomic E-state index is 3.34. The van der Waals surface area contributed by atoms with E-state index < -0.39 is 48.4 Å². The molecule has 0 aromatic heterocycles. The minimum atomic E-state index is -2.90. The van der Waals surface area contributed by atoms with E-state index in [2.05, 4.69) is 208 Å². The molecule has 0 saturated carbocycles. The van der Waals surface area contributed by atoms with Crippen molar-refractivity contribution in [1.82, 2.24) is 7.79 Å². The van der Waals surface area contributed by atoms with Crippen LogP contribution in [0.2, 0.25) is 78.6 Å². The molecule has 0 unspecified atom stereocenters. The van der Waals surface area contributed by atoms with Crippen LogP contribution in [0.25, 0.3) is 0 Å². The zero-order valence-corrected chi connectivity index (χ0v) is 35.4. The predicted octanol–water partition coefficient (Wildman–Crippen LogP) is 7.53. The van der Waals surface area contributed by atoms with Gasteiger partial charge in [-0.1, -0.05) is 200 Å². The maximum absolute atomic E-state index is 3.34. The Hall–Kier alpha value is -1.90. The highest BCUT2D eigenvalue weighted by Gasteiger charge is 2.71. The summed E-state index contributed by atoms with van der Waals surface area (Å²) >= 11 is 0. The van der Waals surface area contributed by atoms with Gasteiger partial charge in [-0.2, -0.15) is 0 Å². The lowest BCUT2D eigenvalue weighted by molar-refractivity contribution is 0.890. The average Bonchev–Trinajstić information content (AvgIpc) is 2.93. The molecule has 4 aromatic rings. The molecule has 4 rings (SSSR count). The topological polar surface area (TPSA) is 6.48 Å². The number of rotatable bonds is 11. The van der Waals surface area contributed by atoms with Crippen molar-refractivity contribution in [3.8, 4) is 0 Å². The number of hydrogen-bond acceptors (Lipinski definition) is 2. The fourth-order valence-electron chi connectivity index (χ4n) is 8.75. The zero-order valence-electron chi connectivity index (χ0n) is 29.4. The fraction of sp³-hybridized carbons (Fsp3) is 0.333. The molecule has 2 nitrogen and oxygen atoms in total. The summed E-state index contributed by atoms with van der Waals surface area (Å²) in [6, 6.07) is 47.8. The summed E-state index contributed by atoms with van der Waals surface area (Å²) in [6.07, 6.45) is 0. The maximum Gasteiger partial charge on any atom is 0.195 e. The van der Waals surface area contributed by atoms with Gasteiger partial charge in [0.25, 0.3) is 0 Å². The second-order valence-corrected chi connectivity index (χ2v) is 48.5. The van der Waals surface area contributed by atoms with Crippen molar-refractivity contribution in [3.63, 3.8) is 0 Å². The first kappa shape index (κ1) is 35.0. The first-order valence-corrected chi connectivity index (χ1v) is 34.9. The molecule has 0 bridgehead atoms. The highest BCUT2D eigenvalue weighted by Crippen LogP contribution is 2.39. The van der Waals surface area contributed by atoms with E-state index in [1.165, 1.54) is 0 Å². The van der Waals surface area contributed by atoms with Gasteiger partial charge >= 0.3 is 0 Å². The van der Waals surface area contributed by atoms with Gasteiger partial charge in [0.1, 0.15) is 32.9 Å². The molecule has 0 radical (unpaired) electrons. The lowest BCUT2D eigenvalue weighted by Crippen LogP contribution is -3.02. The van der Waals surface area contributed by atoms with Crippen LogP contribution in [0, 0.1) is 0 Å². The molecule has 0 amide bonds. The van der Waals surface area contributed by atoms with Crippen LogP contribution < -0.4 is 20.7 Å². The number of nitrogens with zero attached hydrogens (tertiary/aromatic N) is 2. The van der Waals surface area contributed by atoms with E-state index in [0.29, 0.717) is 0 Å². The predicted molar refractivity (Wildman–Crippen MR) is 213 cm³/mol. The molecule has 0 atom stereocenters. The molecule has 0 aliphatic heterocycles. The zero-order chi connectivity index (χ0) is 32.6. The Kier molecular flexibility index (Phi) is 10.1. The van der Waals surface area contributed by atoms with Crippen molar-refractivity contribution in [1.29, 1.82) is 0 Å². The molecular formula is C36H56N2Si6. The van der Waals surface area contributed by atoms with Crippen LogP contribution >= 0.6 is 0 Å². The average molecular weight is 685 g/mol. The minimum absolute atomic E-state index is 1.58. The Morgan fingerprint density at radius 3 is 0.568 bits per heavy atom. The lowest BCUT2D eigenvalue weighted by Gasteiger charge is -2.68. The van der Waals surface area contributed by atoms with Gasteiger partial charge in [0.2, 0.25) is 0 Å². The minimum Gasteiger partial charge on any atom is -0.362 e. The Morgan fingerprint density at radius 1 is 0.273 bits per heavy atom. The largest absolute Gasteiger partial charge is 0.362 e. The Labute approximate surface area is 275 Å². The van der Waals surface area contributed by atoms with Gasteiger partial charge < -0.3 is 7.79 Å². The van der Waals surface area contributed by atoms with Crippen LogP contribution in [-0.4, -0.2) is 56.2 Å². The lowest BCUT2D eigenvalue weighted by atomic mass is 10.4.